The van der Waals surface area contributed by atoms with Crippen molar-refractivity contribution in [3.05, 3.63) is 154 Å². The van der Waals surface area contributed by atoms with Gasteiger partial charge in [0.05, 0.1) is 34.9 Å². The Morgan fingerprint density at radius 1 is 0.479 bits per heavy atom. The second-order valence-electron chi connectivity index (χ2n) is 14.8. The van der Waals surface area contributed by atoms with Gasteiger partial charge in [0, 0.05) is 0 Å². The van der Waals surface area contributed by atoms with Crippen LogP contribution >= 0.6 is 0 Å². The lowest BCUT2D eigenvalue weighted by Gasteiger charge is -2.33. The summed E-state index contributed by atoms with van der Waals surface area (Å²) in [6.45, 7) is 13.6. The van der Waals surface area contributed by atoms with E-state index < -0.39 is 0 Å². The highest BCUT2D eigenvalue weighted by molar-refractivity contribution is 5.72. The predicted molar refractivity (Wildman–Crippen MR) is 196 cm³/mol. The molecule has 0 amide bonds. The Labute approximate surface area is 286 Å². The van der Waals surface area contributed by atoms with Gasteiger partial charge in [-0.1, -0.05) is 120 Å². The lowest BCUT2D eigenvalue weighted by molar-refractivity contribution is 0.375. The van der Waals surface area contributed by atoms with Gasteiger partial charge in [-0.25, -0.2) is 0 Å². The fraction of sp³-hybridized carbons (Fsp3) is 0.267. The van der Waals surface area contributed by atoms with Crippen LogP contribution < -0.4 is 0 Å². The number of nitriles is 3. The van der Waals surface area contributed by atoms with Crippen molar-refractivity contribution in [1.29, 1.82) is 15.8 Å². The van der Waals surface area contributed by atoms with Gasteiger partial charge in [0.15, 0.2) is 0 Å². The molecule has 0 aliphatic carbocycles. The summed E-state index contributed by atoms with van der Waals surface area (Å²) >= 11 is 0. The van der Waals surface area contributed by atoms with E-state index in [2.05, 4.69) is 126 Å². The summed E-state index contributed by atoms with van der Waals surface area (Å²) in [5.41, 5.74) is 10.8. The van der Waals surface area contributed by atoms with Crippen molar-refractivity contribution in [3.8, 4) is 40.5 Å². The predicted octanol–water partition coefficient (Wildman–Crippen LogP) is 11.2. The molecule has 0 aliphatic heterocycles. The van der Waals surface area contributed by atoms with Gasteiger partial charge < -0.3 is 0 Å². The third-order valence-corrected chi connectivity index (χ3v) is 9.97. The number of rotatable bonds is 10. The SMILES string of the molecule is CC(C)(CCC(C)(C)c1ccc(C#N)cc1-c1ccc(CC(C)(C)c2ccc(C#N)c(-c3ccccc3)c2)cc1)c1ccc(C#N)cc1. The Bertz CT molecular complexity index is 2030. The second kappa shape index (κ2) is 13.7. The molecule has 0 fully saturated rings. The molecule has 238 valence electrons. The van der Waals surface area contributed by atoms with Crippen LogP contribution in [0.15, 0.2) is 115 Å². The quantitative estimate of drug-likeness (QED) is 0.155. The lowest BCUT2D eigenvalue weighted by Crippen LogP contribution is -2.25. The summed E-state index contributed by atoms with van der Waals surface area (Å²) < 4.78 is 0. The first-order valence-electron chi connectivity index (χ1n) is 16.6. The molecular weight excluding hydrogens is 583 g/mol. The molecular formula is C45H43N3. The number of nitrogens with zero attached hydrogens (tertiary/aromatic N) is 3. The Morgan fingerprint density at radius 2 is 1.06 bits per heavy atom. The van der Waals surface area contributed by atoms with Gasteiger partial charge in [-0.15, -0.1) is 0 Å². The highest BCUT2D eigenvalue weighted by Gasteiger charge is 2.29. The van der Waals surface area contributed by atoms with Gasteiger partial charge in [-0.3, -0.25) is 0 Å². The summed E-state index contributed by atoms with van der Waals surface area (Å²) in [5.74, 6) is 0. The van der Waals surface area contributed by atoms with Crippen LogP contribution in [0.3, 0.4) is 0 Å². The van der Waals surface area contributed by atoms with E-state index in [1.165, 1.54) is 22.3 Å². The average Bonchev–Trinajstić information content (AvgIpc) is 3.11. The molecule has 0 unspecified atom stereocenters. The molecule has 0 saturated carbocycles. The molecule has 48 heavy (non-hydrogen) atoms. The maximum absolute atomic E-state index is 9.79. The number of hydrogen-bond acceptors (Lipinski definition) is 3. The molecule has 0 atom stereocenters. The standard InChI is InChI=1S/C45H43N3/c1-43(2,38-20-14-33(29-46)15-21-38)24-25-44(3,4)42-23-16-34(30-47)26-41(42)36-17-12-32(13-18-36)28-45(5,6)39-22-19-37(31-48)40(27-39)35-10-8-7-9-11-35/h7-23,26-27H,24-25,28H2,1-6H3. The molecule has 0 aliphatic rings. The van der Waals surface area contributed by atoms with Crippen molar-refractivity contribution in [2.24, 2.45) is 0 Å². The third kappa shape index (κ3) is 7.41. The van der Waals surface area contributed by atoms with E-state index in [0.29, 0.717) is 16.7 Å². The van der Waals surface area contributed by atoms with Gasteiger partial charge in [0.1, 0.15) is 0 Å². The largest absolute Gasteiger partial charge is 0.192 e. The zero-order chi connectivity index (χ0) is 34.5. The van der Waals surface area contributed by atoms with Crippen molar-refractivity contribution in [1.82, 2.24) is 0 Å². The monoisotopic (exact) mass is 625 g/mol. The highest BCUT2D eigenvalue weighted by Crippen LogP contribution is 2.41. The molecule has 5 aromatic carbocycles. The van der Waals surface area contributed by atoms with Gasteiger partial charge in [-0.05, 0) is 116 Å². The summed E-state index contributed by atoms with van der Waals surface area (Å²) in [6, 6.07) is 46.1. The third-order valence-electron chi connectivity index (χ3n) is 9.97. The zero-order valence-corrected chi connectivity index (χ0v) is 28.9. The smallest absolute Gasteiger partial charge is 0.0998 e. The molecule has 0 saturated heterocycles. The van der Waals surface area contributed by atoms with Gasteiger partial charge in [-0.2, -0.15) is 15.8 Å². The summed E-state index contributed by atoms with van der Waals surface area (Å²) in [4.78, 5) is 0. The van der Waals surface area contributed by atoms with Crippen LogP contribution in [0.1, 0.15) is 93.3 Å². The first kappa shape index (κ1) is 33.9. The van der Waals surface area contributed by atoms with E-state index in [9.17, 15) is 15.8 Å². The highest BCUT2D eigenvalue weighted by atomic mass is 14.3. The van der Waals surface area contributed by atoms with E-state index >= 15 is 0 Å². The van der Waals surface area contributed by atoms with Crippen molar-refractivity contribution in [2.75, 3.05) is 0 Å². The van der Waals surface area contributed by atoms with E-state index in [0.717, 1.165) is 41.5 Å². The van der Waals surface area contributed by atoms with Gasteiger partial charge in [0.2, 0.25) is 0 Å². The minimum absolute atomic E-state index is 0.0523. The van der Waals surface area contributed by atoms with Crippen molar-refractivity contribution < 1.29 is 0 Å². The Balaban J connectivity index is 1.39. The second-order valence-corrected chi connectivity index (χ2v) is 14.8. The van der Waals surface area contributed by atoms with Crippen molar-refractivity contribution in [3.63, 3.8) is 0 Å². The average molecular weight is 626 g/mol. The van der Waals surface area contributed by atoms with Crippen molar-refractivity contribution in [2.45, 2.75) is 77.0 Å². The van der Waals surface area contributed by atoms with E-state index in [1.807, 2.05) is 48.5 Å². The molecule has 0 heterocycles. The molecule has 0 aromatic heterocycles. The summed E-state index contributed by atoms with van der Waals surface area (Å²) in [7, 11) is 0. The Hall–Kier alpha value is -5.43. The molecule has 0 bridgehead atoms. The maximum atomic E-state index is 9.79. The minimum Gasteiger partial charge on any atom is -0.192 e. The summed E-state index contributed by atoms with van der Waals surface area (Å²) in [5, 5.41) is 28.8. The number of benzene rings is 5. The maximum Gasteiger partial charge on any atom is 0.0998 e. The Kier molecular flexibility index (Phi) is 9.71. The molecule has 3 nitrogen and oxygen atoms in total. The first-order valence-corrected chi connectivity index (χ1v) is 16.6. The molecule has 0 radical (unpaired) electrons. The fourth-order valence-electron chi connectivity index (χ4n) is 6.68. The zero-order valence-electron chi connectivity index (χ0n) is 28.9. The first-order chi connectivity index (χ1) is 22.9. The molecule has 5 rings (SSSR count). The Morgan fingerprint density at radius 3 is 1.69 bits per heavy atom. The minimum atomic E-state index is -0.158. The molecule has 5 aromatic rings. The lowest BCUT2D eigenvalue weighted by atomic mass is 9.71. The van der Waals surface area contributed by atoms with E-state index in [-0.39, 0.29) is 16.2 Å². The van der Waals surface area contributed by atoms with E-state index in [1.54, 1.807) is 0 Å². The number of hydrogen-bond donors (Lipinski definition) is 0. The van der Waals surface area contributed by atoms with Crippen LogP contribution in [-0.4, -0.2) is 0 Å². The molecule has 0 spiro atoms. The van der Waals surface area contributed by atoms with Gasteiger partial charge in [0.25, 0.3) is 0 Å². The fourth-order valence-corrected chi connectivity index (χ4v) is 6.68. The van der Waals surface area contributed by atoms with Crippen LogP contribution in [0.5, 0.6) is 0 Å². The molecule has 3 heteroatoms. The van der Waals surface area contributed by atoms with Crippen LogP contribution in [0.4, 0.5) is 0 Å². The van der Waals surface area contributed by atoms with Crippen LogP contribution in [0.2, 0.25) is 0 Å². The van der Waals surface area contributed by atoms with Crippen LogP contribution in [-0.2, 0) is 22.7 Å². The summed E-state index contributed by atoms with van der Waals surface area (Å²) in [6.07, 6.45) is 2.77. The topological polar surface area (TPSA) is 71.4 Å². The normalized spacial score (nSPS) is 11.7. The van der Waals surface area contributed by atoms with Gasteiger partial charge >= 0.3 is 0 Å². The van der Waals surface area contributed by atoms with Crippen LogP contribution in [0, 0.1) is 34.0 Å². The molecule has 0 N–H and O–H groups in total. The van der Waals surface area contributed by atoms with Crippen molar-refractivity contribution >= 4 is 0 Å². The van der Waals surface area contributed by atoms with E-state index in [4.69, 9.17) is 0 Å². The van der Waals surface area contributed by atoms with Crippen LogP contribution in [0.25, 0.3) is 22.3 Å².